The van der Waals surface area contributed by atoms with Crippen LogP contribution in [0.3, 0.4) is 0 Å². The minimum absolute atomic E-state index is 0.0134. The monoisotopic (exact) mass is 524 g/mol. The van der Waals surface area contributed by atoms with Crippen molar-refractivity contribution in [2.45, 2.75) is 45.4 Å². The van der Waals surface area contributed by atoms with Gasteiger partial charge in [0, 0.05) is 25.7 Å². The van der Waals surface area contributed by atoms with Crippen LogP contribution in [0.15, 0.2) is 66.7 Å². The zero-order valence-electron chi connectivity index (χ0n) is 21.6. The number of carbonyl (C=O) groups excluding carboxylic acids is 2. The van der Waals surface area contributed by atoms with Crippen LogP contribution in [-0.2, 0) is 19.4 Å². The molecule has 0 fully saturated rings. The number of benzene rings is 3. The van der Waals surface area contributed by atoms with Crippen molar-refractivity contribution in [1.29, 1.82) is 0 Å². The molecule has 0 saturated carbocycles. The molecule has 0 heterocycles. The highest BCUT2D eigenvalue weighted by atomic mass is 19.1. The third kappa shape index (κ3) is 8.64. The van der Waals surface area contributed by atoms with Gasteiger partial charge >= 0.3 is 6.03 Å². The standard InChI is InChI=1S/C29H34F2N4O3/c1-3-19-8-7-9-20(12-19)17-32-18-27(36)26(15-21-13-22(30)16-23(31)14-21)34-28(37)24-10-5-6-11-25(24)35-29(38)33-4-2/h5-14,16,26-27,32,36H,3-4,15,17-18H2,1-2H3,(H,34,37)(H2,33,35,38)/t26-,27-/m0/s1. The smallest absolute Gasteiger partial charge is 0.319 e. The molecule has 0 radical (unpaired) electrons. The lowest BCUT2D eigenvalue weighted by molar-refractivity contribution is 0.0830. The van der Waals surface area contributed by atoms with E-state index in [0.717, 1.165) is 18.1 Å². The molecular formula is C29H34F2N4O3. The molecule has 0 aromatic heterocycles. The molecule has 3 rings (SSSR count). The predicted octanol–water partition coefficient (Wildman–Crippen LogP) is 4.16. The van der Waals surface area contributed by atoms with Gasteiger partial charge in [-0.05, 0) is 60.7 Å². The number of carbonyl (C=O) groups is 2. The number of aliphatic hydroxyl groups is 1. The van der Waals surface area contributed by atoms with Crippen LogP contribution < -0.4 is 21.3 Å². The molecule has 9 heteroatoms. The maximum Gasteiger partial charge on any atom is 0.319 e. The lowest BCUT2D eigenvalue weighted by Gasteiger charge is -2.25. The summed E-state index contributed by atoms with van der Waals surface area (Å²) in [6.45, 7) is 4.88. The Kier molecular flexibility index (Phi) is 10.7. The van der Waals surface area contributed by atoms with Crippen LogP contribution in [0.5, 0.6) is 0 Å². The van der Waals surface area contributed by atoms with Crippen molar-refractivity contribution in [2.24, 2.45) is 0 Å². The highest BCUT2D eigenvalue weighted by Gasteiger charge is 2.24. The van der Waals surface area contributed by atoms with Crippen LogP contribution >= 0.6 is 0 Å². The second-order valence-corrected chi connectivity index (χ2v) is 8.96. The molecular weight excluding hydrogens is 490 g/mol. The lowest BCUT2D eigenvalue weighted by Crippen LogP contribution is -2.48. The molecule has 3 aromatic carbocycles. The summed E-state index contributed by atoms with van der Waals surface area (Å²) in [6, 6.07) is 16.3. The largest absolute Gasteiger partial charge is 0.390 e. The first-order chi connectivity index (χ1) is 18.3. The van der Waals surface area contributed by atoms with Gasteiger partial charge in [-0.25, -0.2) is 13.6 Å². The van der Waals surface area contributed by atoms with Crippen LogP contribution in [-0.4, -0.2) is 42.3 Å². The van der Waals surface area contributed by atoms with E-state index in [-0.39, 0.29) is 29.8 Å². The summed E-state index contributed by atoms with van der Waals surface area (Å²) < 4.78 is 27.7. The van der Waals surface area contributed by atoms with Crippen LogP contribution in [0.2, 0.25) is 0 Å². The zero-order chi connectivity index (χ0) is 27.5. The van der Waals surface area contributed by atoms with Crippen LogP contribution in [0.25, 0.3) is 0 Å². The SMILES string of the molecule is CCNC(=O)Nc1ccccc1C(=O)N[C@@H](Cc1cc(F)cc(F)c1)[C@@H](O)CNCc1cccc(CC)c1. The first kappa shape index (κ1) is 28.7. The molecule has 7 nitrogen and oxygen atoms in total. The first-order valence-electron chi connectivity index (χ1n) is 12.6. The summed E-state index contributed by atoms with van der Waals surface area (Å²) in [5, 5.41) is 22.2. The van der Waals surface area contributed by atoms with E-state index in [2.05, 4.69) is 34.3 Å². The summed E-state index contributed by atoms with van der Waals surface area (Å²) in [5.41, 5.74) is 3.01. The van der Waals surface area contributed by atoms with Gasteiger partial charge in [0.25, 0.3) is 5.91 Å². The number of rotatable bonds is 12. The summed E-state index contributed by atoms with van der Waals surface area (Å²) in [5.74, 6) is -2.04. The topological polar surface area (TPSA) is 102 Å². The second-order valence-electron chi connectivity index (χ2n) is 8.96. The Balaban J connectivity index is 1.76. The molecule has 0 bridgehead atoms. The van der Waals surface area contributed by atoms with Gasteiger partial charge in [-0.2, -0.15) is 0 Å². The van der Waals surface area contributed by atoms with E-state index >= 15 is 0 Å². The van der Waals surface area contributed by atoms with E-state index in [1.54, 1.807) is 31.2 Å². The Bertz CT molecular complexity index is 1220. The molecule has 0 aliphatic rings. The molecule has 2 atom stereocenters. The summed E-state index contributed by atoms with van der Waals surface area (Å²) in [4.78, 5) is 25.3. The minimum atomic E-state index is -1.08. The van der Waals surface area contributed by atoms with Crippen LogP contribution in [0, 0.1) is 11.6 Å². The molecule has 0 aliphatic carbocycles. The molecule has 0 saturated heterocycles. The van der Waals surface area contributed by atoms with Crippen molar-refractivity contribution in [3.63, 3.8) is 0 Å². The Labute approximate surface area is 221 Å². The van der Waals surface area contributed by atoms with Gasteiger partial charge in [0.2, 0.25) is 0 Å². The number of para-hydroxylation sites is 1. The zero-order valence-corrected chi connectivity index (χ0v) is 21.6. The molecule has 5 N–H and O–H groups in total. The van der Waals surface area contributed by atoms with Crippen molar-refractivity contribution in [3.8, 4) is 0 Å². The van der Waals surface area contributed by atoms with Gasteiger partial charge in [-0.1, -0.05) is 43.3 Å². The van der Waals surface area contributed by atoms with E-state index in [1.807, 2.05) is 18.2 Å². The molecule has 0 aliphatic heterocycles. The average molecular weight is 525 g/mol. The third-order valence-electron chi connectivity index (χ3n) is 6.00. The van der Waals surface area contributed by atoms with Gasteiger partial charge in [0.05, 0.1) is 23.4 Å². The van der Waals surface area contributed by atoms with Gasteiger partial charge in [-0.15, -0.1) is 0 Å². The fraction of sp³-hybridized carbons (Fsp3) is 0.310. The highest BCUT2D eigenvalue weighted by Crippen LogP contribution is 2.17. The number of hydrogen-bond acceptors (Lipinski definition) is 4. The maximum absolute atomic E-state index is 13.8. The Hall–Kier alpha value is -3.82. The fourth-order valence-electron chi connectivity index (χ4n) is 4.10. The fourth-order valence-corrected chi connectivity index (χ4v) is 4.10. The third-order valence-corrected chi connectivity index (χ3v) is 6.00. The van der Waals surface area contributed by atoms with E-state index in [9.17, 15) is 23.5 Å². The summed E-state index contributed by atoms with van der Waals surface area (Å²) in [6.07, 6.45) is -0.186. The quantitative estimate of drug-likeness (QED) is 0.246. The number of nitrogens with one attached hydrogen (secondary N) is 4. The summed E-state index contributed by atoms with van der Waals surface area (Å²) >= 11 is 0. The van der Waals surface area contributed by atoms with Crippen molar-refractivity contribution < 1.29 is 23.5 Å². The van der Waals surface area contributed by atoms with Crippen LogP contribution in [0.1, 0.15) is 40.9 Å². The molecule has 0 unspecified atom stereocenters. The van der Waals surface area contributed by atoms with Gasteiger partial charge < -0.3 is 26.4 Å². The Morgan fingerprint density at radius 2 is 1.61 bits per heavy atom. The van der Waals surface area contributed by atoms with Crippen LogP contribution in [0.4, 0.5) is 19.3 Å². The number of hydrogen-bond donors (Lipinski definition) is 5. The molecule has 38 heavy (non-hydrogen) atoms. The lowest BCUT2D eigenvalue weighted by atomic mass is 9.99. The highest BCUT2D eigenvalue weighted by molar-refractivity contribution is 6.03. The normalized spacial score (nSPS) is 12.4. The van der Waals surface area contributed by atoms with E-state index < -0.39 is 35.7 Å². The van der Waals surface area contributed by atoms with Crippen molar-refractivity contribution in [2.75, 3.05) is 18.4 Å². The second kappa shape index (κ2) is 14.2. The van der Waals surface area contributed by atoms with E-state index in [1.165, 1.54) is 17.7 Å². The van der Waals surface area contributed by atoms with Crippen molar-refractivity contribution in [3.05, 3.63) is 101 Å². The average Bonchev–Trinajstić information content (AvgIpc) is 2.88. The minimum Gasteiger partial charge on any atom is -0.390 e. The number of halogens is 2. The van der Waals surface area contributed by atoms with Crippen molar-refractivity contribution >= 4 is 17.6 Å². The van der Waals surface area contributed by atoms with Gasteiger partial charge in [0.1, 0.15) is 11.6 Å². The van der Waals surface area contributed by atoms with E-state index in [0.29, 0.717) is 13.1 Å². The van der Waals surface area contributed by atoms with E-state index in [4.69, 9.17) is 0 Å². The number of aliphatic hydroxyl groups excluding tert-OH is 1. The number of aryl methyl sites for hydroxylation is 1. The number of amides is 3. The molecule has 202 valence electrons. The van der Waals surface area contributed by atoms with Crippen molar-refractivity contribution in [1.82, 2.24) is 16.0 Å². The summed E-state index contributed by atoms with van der Waals surface area (Å²) in [7, 11) is 0. The Morgan fingerprint density at radius 3 is 2.32 bits per heavy atom. The molecule has 0 spiro atoms. The van der Waals surface area contributed by atoms with Gasteiger partial charge in [0.15, 0.2) is 0 Å². The Morgan fingerprint density at radius 1 is 0.895 bits per heavy atom. The molecule has 3 amide bonds. The first-order valence-corrected chi connectivity index (χ1v) is 12.6. The predicted molar refractivity (Wildman–Crippen MR) is 144 cm³/mol. The van der Waals surface area contributed by atoms with Gasteiger partial charge in [-0.3, -0.25) is 4.79 Å². The number of urea groups is 1. The molecule has 3 aromatic rings. The number of anilines is 1. The maximum atomic E-state index is 13.8.